The molecule has 0 aromatic heterocycles. The summed E-state index contributed by atoms with van der Waals surface area (Å²) in [7, 11) is -0.362. The molecule has 0 spiro atoms. The Morgan fingerprint density at radius 3 is 1.00 bits per heavy atom. The van der Waals surface area contributed by atoms with Crippen molar-refractivity contribution in [2.45, 2.75) is 116 Å². The van der Waals surface area contributed by atoms with Gasteiger partial charge in [0.05, 0.1) is 0 Å². The molecule has 0 aliphatic heterocycles. The molecule has 0 N–H and O–H groups in total. The predicted octanol–water partition coefficient (Wildman–Crippen LogP) is 7.76. The number of rotatable bonds is 15. The van der Waals surface area contributed by atoms with Crippen LogP contribution in [-0.4, -0.2) is 8.80 Å². The van der Waals surface area contributed by atoms with E-state index in [0.29, 0.717) is 0 Å². The van der Waals surface area contributed by atoms with Gasteiger partial charge in [-0.05, 0) is 0 Å². The SMILES string of the molecule is C=C.CCCCCC[SiH](CCCCCC)CCCCCC. The molecule has 0 saturated heterocycles. The highest BCUT2D eigenvalue weighted by molar-refractivity contribution is 6.58. The minimum Gasteiger partial charge on any atom is -0.106 e. The zero-order valence-electron chi connectivity index (χ0n) is 15.6. The molecule has 0 aromatic rings. The highest BCUT2D eigenvalue weighted by Crippen LogP contribution is 2.19. The summed E-state index contributed by atoms with van der Waals surface area (Å²) in [5.74, 6) is 0. The van der Waals surface area contributed by atoms with E-state index in [1.807, 2.05) is 0 Å². The predicted molar refractivity (Wildman–Crippen MR) is 105 cm³/mol. The summed E-state index contributed by atoms with van der Waals surface area (Å²) in [6.07, 6.45) is 17.7. The van der Waals surface area contributed by atoms with E-state index >= 15 is 0 Å². The van der Waals surface area contributed by atoms with Gasteiger partial charge in [0.25, 0.3) is 0 Å². The molecule has 0 amide bonds. The second-order valence-electron chi connectivity index (χ2n) is 6.41. The molecule has 0 radical (unpaired) electrons. The van der Waals surface area contributed by atoms with Gasteiger partial charge in [-0.15, -0.1) is 13.2 Å². The lowest BCUT2D eigenvalue weighted by molar-refractivity contribution is 0.672. The van der Waals surface area contributed by atoms with Gasteiger partial charge >= 0.3 is 0 Å². The molecule has 0 bridgehead atoms. The van der Waals surface area contributed by atoms with Crippen molar-refractivity contribution in [1.29, 1.82) is 0 Å². The standard InChI is InChI=1S/C18H40Si.C2H4/c1-4-7-10-13-16-19(17-14-11-8-5-2)18-15-12-9-6-3;1-2/h19H,4-18H2,1-3H3;1-2H2. The molecule has 0 unspecified atom stereocenters. The summed E-state index contributed by atoms with van der Waals surface area (Å²) in [4.78, 5) is 0. The van der Waals surface area contributed by atoms with Crippen LogP contribution in [0.2, 0.25) is 18.1 Å². The van der Waals surface area contributed by atoms with E-state index in [-0.39, 0.29) is 8.80 Å². The molecule has 0 saturated carbocycles. The molecule has 0 heterocycles. The third kappa shape index (κ3) is 20.0. The van der Waals surface area contributed by atoms with E-state index < -0.39 is 0 Å². The van der Waals surface area contributed by atoms with Gasteiger partial charge in [0.1, 0.15) is 0 Å². The van der Waals surface area contributed by atoms with E-state index in [4.69, 9.17) is 0 Å². The van der Waals surface area contributed by atoms with Crippen molar-refractivity contribution in [3.8, 4) is 0 Å². The van der Waals surface area contributed by atoms with Crippen molar-refractivity contribution in [2.24, 2.45) is 0 Å². The Kier molecular flexibility index (Phi) is 24.6. The highest BCUT2D eigenvalue weighted by atomic mass is 28.3. The van der Waals surface area contributed by atoms with Crippen LogP contribution in [0, 0.1) is 0 Å². The Balaban J connectivity index is 0. The minimum absolute atomic E-state index is 0.362. The van der Waals surface area contributed by atoms with Gasteiger partial charge in [-0.1, -0.05) is 116 Å². The summed E-state index contributed by atoms with van der Waals surface area (Å²) in [6, 6.07) is 4.95. The Morgan fingerprint density at radius 1 is 0.476 bits per heavy atom. The molecule has 0 aliphatic rings. The van der Waals surface area contributed by atoms with Crippen LogP contribution in [0.3, 0.4) is 0 Å². The van der Waals surface area contributed by atoms with Gasteiger partial charge < -0.3 is 0 Å². The lowest BCUT2D eigenvalue weighted by Crippen LogP contribution is -2.11. The van der Waals surface area contributed by atoms with Crippen LogP contribution >= 0.6 is 0 Å². The van der Waals surface area contributed by atoms with Crippen molar-refractivity contribution >= 4 is 8.80 Å². The Morgan fingerprint density at radius 2 is 0.762 bits per heavy atom. The van der Waals surface area contributed by atoms with Crippen LogP contribution in [0.1, 0.15) is 97.8 Å². The molecule has 1 heteroatoms. The molecular weight excluding hydrogens is 268 g/mol. The zero-order chi connectivity index (χ0) is 16.2. The molecule has 128 valence electrons. The van der Waals surface area contributed by atoms with Crippen LogP contribution in [0.15, 0.2) is 13.2 Å². The van der Waals surface area contributed by atoms with Crippen LogP contribution in [0.4, 0.5) is 0 Å². The molecule has 0 rings (SSSR count). The van der Waals surface area contributed by atoms with Gasteiger partial charge in [0.2, 0.25) is 0 Å². The van der Waals surface area contributed by atoms with Crippen LogP contribution in [0.5, 0.6) is 0 Å². The molecule has 0 fully saturated rings. The zero-order valence-corrected chi connectivity index (χ0v) is 16.8. The first-order chi connectivity index (χ1) is 10.3. The normalized spacial score (nSPS) is 10.5. The lowest BCUT2D eigenvalue weighted by atomic mass is 10.2. The Bertz CT molecular complexity index is 139. The van der Waals surface area contributed by atoms with Gasteiger partial charge in [-0.2, -0.15) is 0 Å². The fourth-order valence-electron chi connectivity index (χ4n) is 3.01. The fourth-order valence-corrected chi connectivity index (χ4v) is 6.48. The van der Waals surface area contributed by atoms with Crippen molar-refractivity contribution in [2.75, 3.05) is 0 Å². The highest BCUT2D eigenvalue weighted by Gasteiger charge is 2.09. The van der Waals surface area contributed by atoms with Gasteiger partial charge in [0, 0.05) is 8.80 Å². The van der Waals surface area contributed by atoms with Gasteiger partial charge in [-0.25, -0.2) is 0 Å². The van der Waals surface area contributed by atoms with E-state index in [1.165, 1.54) is 57.8 Å². The van der Waals surface area contributed by atoms with E-state index in [0.717, 1.165) is 0 Å². The maximum absolute atomic E-state index is 3.00. The van der Waals surface area contributed by atoms with Gasteiger partial charge in [0.15, 0.2) is 0 Å². The largest absolute Gasteiger partial charge is 0.106 e. The first-order valence-electron chi connectivity index (χ1n) is 9.85. The molecule has 0 aliphatic carbocycles. The van der Waals surface area contributed by atoms with Crippen LogP contribution in [0.25, 0.3) is 0 Å². The Hall–Kier alpha value is -0.0431. The topological polar surface area (TPSA) is 0 Å². The third-order valence-corrected chi connectivity index (χ3v) is 8.07. The maximum Gasteiger partial charge on any atom is 0.0367 e. The molecular formula is C20H44Si. The van der Waals surface area contributed by atoms with Crippen molar-refractivity contribution in [1.82, 2.24) is 0 Å². The lowest BCUT2D eigenvalue weighted by Gasteiger charge is -2.15. The average molecular weight is 313 g/mol. The minimum atomic E-state index is -0.362. The van der Waals surface area contributed by atoms with E-state index in [9.17, 15) is 0 Å². The number of hydrogen-bond acceptors (Lipinski definition) is 0. The molecule has 0 atom stereocenters. The van der Waals surface area contributed by atoms with E-state index in [1.54, 1.807) is 37.4 Å². The number of hydrogen-bond donors (Lipinski definition) is 0. The summed E-state index contributed by atoms with van der Waals surface area (Å²) >= 11 is 0. The summed E-state index contributed by atoms with van der Waals surface area (Å²) < 4.78 is 0. The average Bonchev–Trinajstić information content (AvgIpc) is 2.53. The summed E-state index contributed by atoms with van der Waals surface area (Å²) in [5, 5.41) is 0. The molecule has 0 nitrogen and oxygen atoms in total. The smallest absolute Gasteiger partial charge is 0.0367 e. The van der Waals surface area contributed by atoms with Crippen molar-refractivity contribution in [3.63, 3.8) is 0 Å². The second-order valence-corrected chi connectivity index (χ2v) is 9.88. The van der Waals surface area contributed by atoms with E-state index in [2.05, 4.69) is 33.9 Å². The maximum atomic E-state index is 3.00. The Labute approximate surface area is 138 Å². The first kappa shape index (κ1) is 23.2. The summed E-state index contributed by atoms with van der Waals surface area (Å²) in [6.45, 7) is 13.0. The van der Waals surface area contributed by atoms with Gasteiger partial charge in [-0.3, -0.25) is 0 Å². The summed E-state index contributed by atoms with van der Waals surface area (Å²) in [5.41, 5.74) is 0. The number of unbranched alkanes of at least 4 members (excludes halogenated alkanes) is 9. The van der Waals surface area contributed by atoms with Crippen molar-refractivity contribution in [3.05, 3.63) is 13.2 Å². The van der Waals surface area contributed by atoms with Crippen molar-refractivity contribution < 1.29 is 0 Å². The first-order valence-corrected chi connectivity index (χ1v) is 12.3. The van der Waals surface area contributed by atoms with Crippen LogP contribution < -0.4 is 0 Å². The third-order valence-electron chi connectivity index (χ3n) is 4.40. The molecule has 0 aromatic carbocycles. The molecule has 21 heavy (non-hydrogen) atoms. The fraction of sp³-hybridized carbons (Fsp3) is 0.900. The quantitative estimate of drug-likeness (QED) is 0.165. The van der Waals surface area contributed by atoms with Crippen LogP contribution in [-0.2, 0) is 0 Å². The second kappa shape index (κ2) is 22.2. The monoisotopic (exact) mass is 312 g/mol.